The predicted molar refractivity (Wildman–Crippen MR) is 58.9 cm³/mol. The minimum Gasteiger partial charge on any atom is -0.274 e. The molecule has 0 aromatic heterocycles. The van der Waals surface area contributed by atoms with Crippen LogP contribution in [0.2, 0.25) is 0 Å². The Bertz CT molecular complexity index is 386. The second-order valence-electron chi connectivity index (χ2n) is 4.52. The zero-order valence-electron chi connectivity index (χ0n) is 9.79. The molecule has 0 radical (unpaired) electrons. The van der Waals surface area contributed by atoms with Crippen molar-refractivity contribution in [2.45, 2.75) is 50.5 Å². The predicted octanol–water partition coefficient (Wildman–Crippen LogP) is 2.31. The third-order valence-corrected chi connectivity index (χ3v) is 4.16. The van der Waals surface area contributed by atoms with Gasteiger partial charge in [-0.15, -0.1) is 0 Å². The van der Waals surface area contributed by atoms with Crippen LogP contribution in [0.1, 0.15) is 44.9 Å². The van der Waals surface area contributed by atoms with E-state index >= 15 is 0 Å². The smallest absolute Gasteiger partial charge is 0.274 e. The maximum absolute atomic E-state index is 12.0. The van der Waals surface area contributed by atoms with Crippen LogP contribution in [-0.4, -0.2) is 19.8 Å². The molecule has 18 heavy (non-hydrogen) atoms. The largest absolute Gasteiger partial charge is 0.516 e. The highest BCUT2D eigenvalue weighted by Crippen LogP contribution is 2.27. The summed E-state index contributed by atoms with van der Waals surface area (Å²) in [5.74, 6) is -0.768. The van der Waals surface area contributed by atoms with Gasteiger partial charge in [-0.2, -0.15) is 21.6 Å². The monoisotopic (exact) mass is 287 g/mol. The number of amides is 1. The Kier molecular flexibility index (Phi) is 5.01. The fraction of sp³-hybridized carbons (Fsp3) is 0.900. The van der Waals surface area contributed by atoms with E-state index in [1.165, 1.54) is 0 Å². The molecule has 1 amide bonds. The Balaban J connectivity index is 2.38. The molecular formula is C10H16F3NO3S. The van der Waals surface area contributed by atoms with Crippen LogP contribution in [0.3, 0.4) is 0 Å². The SMILES string of the molecule is O=C(CCC1CCCCC1)NS(=O)(=O)C(F)(F)F. The number of hydrogen-bond donors (Lipinski definition) is 1. The number of rotatable bonds is 4. The molecule has 1 saturated carbocycles. The Labute approximate surface area is 104 Å². The number of carbonyl (C=O) groups excluding carboxylic acids is 1. The number of carbonyl (C=O) groups is 1. The van der Waals surface area contributed by atoms with Crippen molar-refractivity contribution in [3.05, 3.63) is 0 Å². The van der Waals surface area contributed by atoms with Crippen LogP contribution in [0.5, 0.6) is 0 Å². The van der Waals surface area contributed by atoms with Crippen molar-refractivity contribution in [1.82, 2.24) is 4.72 Å². The molecule has 0 heterocycles. The molecule has 0 saturated heterocycles. The Morgan fingerprint density at radius 3 is 2.22 bits per heavy atom. The molecule has 8 heteroatoms. The van der Waals surface area contributed by atoms with Crippen molar-refractivity contribution in [1.29, 1.82) is 0 Å². The number of alkyl halides is 3. The number of hydrogen-bond acceptors (Lipinski definition) is 3. The molecule has 4 nitrogen and oxygen atoms in total. The minimum absolute atomic E-state index is 0.181. The molecule has 0 unspecified atom stereocenters. The van der Waals surface area contributed by atoms with Gasteiger partial charge in [-0.1, -0.05) is 32.1 Å². The number of nitrogens with one attached hydrogen (secondary N) is 1. The summed E-state index contributed by atoms with van der Waals surface area (Å²) in [6.45, 7) is 0. The fourth-order valence-corrected chi connectivity index (χ4v) is 2.59. The summed E-state index contributed by atoms with van der Waals surface area (Å²) in [5.41, 5.74) is -5.44. The molecule has 0 aromatic carbocycles. The zero-order chi connectivity index (χ0) is 13.8. The average Bonchev–Trinajstić information content (AvgIpc) is 2.26. The van der Waals surface area contributed by atoms with Crippen LogP contribution in [0.15, 0.2) is 0 Å². The highest BCUT2D eigenvalue weighted by molar-refractivity contribution is 7.90. The third-order valence-electron chi connectivity index (χ3n) is 3.06. The summed E-state index contributed by atoms with van der Waals surface area (Å²) >= 11 is 0. The summed E-state index contributed by atoms with van der Waals surface area (Å²) in [5, 5.41) is 0. The van der Waals surface area contributed by atoms with Crippen molar-refractivity contribution >= 4 is 15.9 Å². The van der Waals surface area contributed by atoms with E-state index in [9.17, 15) is 26.4 Å². The fourth-order valence-electron chi connectivity index (χ4n) is 2.07. The minimum atomic E-state index is -5.55. The van der Waals surface area contributed by atoms with Crippen molar-refractivity contribution < 1.29 is 26.4 Å². The van der Waals surface area contributed by atoms with E-state index in [0.717, 1.165) is 36.8 Å². The van der Waals surface area contributed by atoms with Gasteiger partial charge in [-0.3, -0.25) is 4.79 Å². The maximum atomic E-state index is 12.0. The van der Waals surface area contributed by atoms with Gasteiger partial charge in [0.2, 0.25) is 5.91 Å². The van der Waals surface area contributed by atoms with Gasteiger partial charge in [0.1, 0.15) is 0 Å². The molecular weight excluding hydrogens is 271 g/mol. The van der Waals surface area contributed by atoms with Crippen LogP contribution in [0.25, 0.3) is 0 Å². The summed E-state index contributed by atoms with van der Waals surface area (Å²) in [4.78, 5) is 11.2. The molecule has 1 fully saturated rings. The van der Waals surface area contributed by atoms with Gasteiger partial charge in [0, 0.05) is 6.42 Å². The van der Waals surface area contributed by atoms with E-state index in [-0.39, 0.29) is 6.42 Å². The Morgan fingerprint density at radius 1 is 1.17 bits per heavy atom. The van der Waals surface area contributed by atoms with Crippen LogP contribution >= 0.6 is 0 Å². The molecule has 0 aliphatic heterocycles. The lowest BCUT2D eigenvalue weighted by Gasteiger charge is -2.21. The standard InChI is InChI=1S/C10H16F3NO3S/c11-10(12,13)18(16,17)14-9(15)7-6-8-4-2-1-3-5-8/h8H,1-7H2,(H,14,15). The summed E-state index contributed by atoms with van der Waals surface area (Å²) in [7, 11) is -5.55. The first-order valence-corrected chi connectivity index (χ1v) is 7.32. The zero-order valence-corrected chi connectivity index (χ0v) is 10.6. The average molecular weight is 287 g/mol. The third kappa shape index (κ3) is 4.47. The molecule has 1 aliphatic carbocycles. The second kappa shape index (κ2) is 5.90. The van der Waals surface area contributed by atoms with Crippen molar-refractivity contribution in [3.63, 3.8) is 0 Å². The Hall–Kier alpha value is -0.790. The first-order valence-electron chi connectivity index (χ1n) is 5.84. The van der Waals surface area contributed by atoms with Crippen molar-refractivity contribution in [2.24, 2.45) is 5.92 Å². The van der Waals surface area contributed by atoms with E-state index in [0.29, 0.717) is 12.3 Å². The van der Waals surface area contributed by atoms with Gasteiger partial charge < -0.3 is 0 Å². The quantitative estimate of drug-likeness (QED) is 0.863. The topological polar surface area (TPSA) is 63.2 Å². The van der Waals surface area contributed by atoms with E-state index in [4.69, 9.17) is 0 Å². The van der Waals surface area contributed by atoms with Gasteiger partial charge in [-0.05, 0) is 12.3 Å². The first-order chi connectivity index (χ1) is 8.22. The molecule has 0 aromatic rings. The molecule has 0 spiro atoms. The van der Waals surface area contributed by atoms with Crippen molar-refractivity contribution in [2.75, 3.05) is 0 Å². The summed E-state index contributed by atoms with van der Waals surface area (Å²) in [6, 6.07) is 0. The van der Waals surface area contributed by atoms with E-state index in [2.05, 4.69) is 0 Å². The van der Waals surface area contributed by atoms with Crippen molar-refractivity contribution in [3.8, 4) is 0 Å². The highest BCUT2D eigenvalue weighted by atomic mass is 32.2. The highest BCUT2D eigenvalue weighted by Gasteiger charge is 2.46. The Morgan fingerprint density at radius 2 is 1.72 bits per heavy atom. The van der Waals surface area contributed by atoms with Crippen LogP contribution < -0.4 is 4.72 Å². The van der Waals surface area contributed by atoms with Gasteiger partial charge in [0.05, 0.1) is 0 Å². The lowest BCUT2D eigenvalue weighted by atomic mass is 9.86. The molecule has 0 bridgehead atoms. The van der Waals surface area contributed by atoms with E-state index in [1.807, 2.05) is 0 Å². The first kappa shape index (κ1) is 15.3. The second-order valence-corrected chi connectivity index (χ2v) is 6.19. The lowest BCUT2D eigenvalue weighted by Crippen LogP contribution is -2.40. The molecule has 1 rings (SSSR count). The van der Waals surface area contributed by atoms with Gasteiger partial charge >= 0.3 is 15.5 Å². The van der Waals surface area contributed by atoms with Gasteiger partial charge in [0.15, 0.2) is 0 Å². The number of halogens is 3. The normalized spacial score (nSPS) is 18.6. The molecule has 1 aliphatic rings. The summed E-state index contributed by atoms with van der Waals surface area (Å²) in [6.07, 6.45) is 5.45. The molecule has 0 atom stereocenters. The van der Waals surface area contributed by atoms with Gasteiger partial charge in [0.25, 0.3) is 0 Å². The van der Waals surface area contributed by atoms with Crippen LogP contribution in [0.4, 0.5) is 13.2 Å². The van der Waals surface area contributed by atoms with Crippen LogP contribution in [-0.2, 0) is 14.8 Å². The molecule has 106 valence electrons. The van der Waals surface area contributed by atoms with E-state index in [1.54, 1.807) is 0 Å². The van der Waals surface area contributed by atoms with E-state index < -0.39 is 21.4 Å². The van der Waals surface area contributed by atoms with Crippen LogP contribution in [0, 0.1) is 5.92 Å². The summed E-state index contributed by atoms with van der Waals surface area (Å²) < 4.78 is 58.3. The maximum Gasteiger partial charge on any atom is 0.516 e. The molecule has 1 N–H and O–H groups in total. The van der Waals surface area contributed by atoms with Gasteiger partial charge in [-0.25, -0.2) is 4.72 Å². The number of sulfonamides is 1. The lowest BCUT2D eigenvalue weighted by molar-refractivity contribution is -0.120.